The number of ether oxygens (including phenoxy) is 1. The number of unbranched alkanes of at least 4 members (excludes halogenated alkanes) is 2. The Morgan fingerprint density at radius 2 is 1.83 bits per heavy atom. The highest BCUT2D eigenvalue weighted by Crippen LogP contribution is 2.22. The van der Waals surface area contributed by atoms with Crippen molar-refractivity contribution >= 4 is 27.7 Å². The number of esters is 1. The Labute approximate surface area is 171 Å². The molecule has 1 fully saturated rings. The Kier molecular flexibility index (Phi) is 7.24. The van der Waals surface area contributed by atoms with Gasteiger partial charge in [-0.15, -0.1) is 0 Å². The third kappa shape index (κ3) is 5.79. The minimum atomic E-state index is -3.51. The molecular formula is C20H27N3O5S. The summed E-state index contributed by atoms with van der Waals surface area (Å²) < 4.78 is 31.6. The van der Waals surface area contributed by atoms with E-state index in [0.717, 1.165) is 45.2 Å². The molecule has 29 heavy (non-hydrogen) atoms. The highest BCUT2D eigenvalue weighted by Gasteiger charge is 2.29. The van der Waals surface area contributed by atoms with Gasteiger partial charge in [0, 0.05) is 31.6 Å². The molecule has 0 spiro atoms. The average molecular weight is 422 g/mol. The van der Waals surface area contributed by atoms with Gasteiger partial charge >= 0.3 is 5.97 Å². The topological polar surface area (TPSA) is 105 Å². The molecule has 0 saturated carbocycles. The Hall–Kier alpha value is -2.42. The maximum atomic E-state index is 12.0. The van der Waals surface area contributed by atoms with Crippen molar-refractivity contribution in [3.8, 4) is 0 Å². The molecule has 1 aromatic carbocycles. The van der Waals surface area contributed by atoms with Gasteiger partial charge in [0.2, 0.25) is 0 Å². The van der Waals surface area contributed by atoms with Crippen molar-refractivity contribution in [3.63, 3.8) is 0 Å². The SMILES string of the molecule is O=C(CCCCCN=C1NS(=O)(=O)c2ccccc21)OCC(=O)N1CCCCC1. The van der Waals surface area contributed by atoms with Crippen molar-refractivity contribution in [1.82, 2.24) is 9.62 Å². The second kappa shape index (κ2) is 9.87. The van der Waals surface area contributed by atoms with Gasteiger partial charge in [0.05, 0.1) is 4.90 Å². The van der Waals surface area contributed by atoms with Crippen LogP contribution in [0.15, 0.2) is 34.2 Å². The van der Waals surface area contributed by atoms with Crippen LogP contribution in [0.5, 0.6) is 0 Å². The highest BCUT2D eigenvalue weighted by atomic mass is 32.2. The van der Waals surface area contributed by atoms with Gasteiger partial charge in [-0.1, -0.05) is 18.6 Å². The third-order valence-corrected chi connectivity index (χ3v) is 6.43. The molecule has 0 bridgehead atoms. The molecule has 0 aliphatic carbocycles. The lowest BCUT2D eigenvalue weighted by molar-refractivity contribution is -0.152. The van der Waals surface area contributed by atoms with Crippen LogP contribution in [0.25, 0.3) is 0 Å². The number of hydrogen-bond donors (Lipinski definition) is 1. The number of sulfonamides is 1. The summed E-state index contributed by atoms with van der Waals surface area (Å²) in [6, 6.07) is 6.74. The van der Waals surface area contributed by atoms with Gasteiger partial charge < -0.3 is 9.64 Å². The summed E-state index contributed by atoms with van der Waals surface area (Å²) >= 11 is 0. The van der Waals surface area contributed by atoms with E-state index in [2.05, 4.69) is 9.71 Å². The number of amidine groups is 1. The number of carbonyl (C=O) groups excluding carboxylic acids is 2. The van der Waals surface area contributed by atoms with Gasteiger partial charge in [-0.25, -0.2) is 8.42 Å². The first-order chi connectivity index (χ1) is 14.0. The number of likely N-dealkylation sites (tertiary alicyclic amines) is 1. The zero-order valence-electron chi connectivity index (χ0n) is 16.4. The molecule has 2 aliphatic rings. The van der Waals surface area contributed by atoms with Crippen LogP contribution in [0, 0.1) is 0 Å². The van der Waals surface area contributed by atoms with E-state index in [1.165, 1.54) is 0 Å². The van der Waals surface area contributed by atoms with Gasteiger partial charge in [0.25, 0.3) is 15.9 Å². The van der Waals surface area contributed by atoms with Gasteiger partial charge in [-0.3, -0.25) is 19.3 Å². The Bertz CT molecular complexity index is 876. The Balaban J connectivity index is 1.32. The van der Waals surface area contributed by atoms with Crippen LogP contribution in [0.3, 0.4) is 0 Å². The van der Waals surface area contributed by atoms with Crippen LogP contribution in [0.1, 0.15) is 50.5 Å². The summed E-state index contributed by atoms with van der Waals surface area (Å²) in [7, 11) is -3.51. The van der Waals surface area contributed by atoms with Gasteiger partial charge in [0.1, 0.15) is 5.84 Å². The maximum Gasteiger partial charge on any atom is 0.306 e. The highest BCUT2D eigenvalue weighted by molar-refractivity contribution is 7.90. The summed E-state index contributed by atoms with van der Waals surface area (Å²) in [6.45, 7) is 1.79. The molecule has 3 rings (SSSR count). The molecule has 0 unspecified atom stereocenters. The number of amides is 1. The van der Waals surface area contributed by atoms with E-state index in [4.69, 9.17) is 4.74 Å². The van der Waals surface area contributed by atoms with Crippen molar-refractivity contribution in [2.45, 2.75) is 49.8 Å². The molecule has 2 heterocycles. The fourth-order valence-electron chi connectivity index (χ4n) is 3.45. The van der Waals surface area contributed by atoms with Crippen molar-refractivity contribution in [2.75, 3.05) is 26.2 Å². The molecule has 1 aromatic rings. The van der Waals surface area contributed by atoms with E-state index in [0.29, 0.717) is 24.4 Å². The Morgan fingerprint density at radius 1 is 1.07 bits per heavy atom. The number of nitrogens with zero attached hydrogens (tertiary/aromatic N) is 2. The predicted molar refractivity (Wildman–Crippen MR) is 108 cm³/mol. The van der Waals surface area contributed by atoms with Crippen LogP contribution >= 0.6 is 0 Å². The lowest BCUT2D eigenvalue weighted by Crippen LogP contribution is -2.38. The third-order valence-electron chi connectivity index (χ3n) is 5.04. The molecule has 9 heteroatoms. The molecule has 1 N–H and O–H groups in total. The number of benzene rings is 1. The average Bonchev–Trinajstić information content (AvgIpc) is 3.00. The number of fused-ring (bicyclic) bond motifs is 1. The van der Waals surface area contributed by atoms with Crippen LogP contribution < -0.4 is 4.72 Å². The van der Waals surface area contributed by atoms with Crippen LogP contribution in [-0.4, -0.2) is 57.3 Å². The van der Waals surface area contributed by atoms with Gasteiger partial charge in [0.15, 0.2) is 6.61 Å². The molecule has 1 amide bonds. The summed E-state index contributed by atoms with van der Waals surface area (Å²) in [5.41, 5.74) is 0.592. The quantitative estimate of drug-likeness (QED) is 0.509. The first-order valence-corrected chi connectivity index (χ1v) is 11.6. The van der Waals surface area contributed by atoms with Gasteiger partial charge in [-0.05, 0) is 44.2 Å². The second-order valence-corrected chi connectivity index (χ2v) is 8.90. The monoisotopic (exact) mass is 421 g/mol. The van der Waals surface area contributed by atoms with Gasteiger partial charge in [-0.2, -0.15) is 0 Å². The van der Waals surface area contributed by atoms with Crippen LogP contribution in [0.4, 0.5) is 0 Å². The van der Waals surface area contributed by atoms with E-state index in [1.54, 1.807) is 29.2 Å². The number of nitrogens with one attached hydrogen (secondary N) is 1. The zero-order chi connectivity index (χ0) is 20.7. The fourth-order valence-corrected chi connectivity index (χ4v) is 4.70. The molecule has 0 atom stereocenters. The summed E-state index contributed by atoms with van der Waals surface area (Å²) in [5.74, 6) is -0.108. The molecule has 0 radical (unpaired) electrons. The summed E-state index contributed by atoms with van der Waals surface area (Å²) in [4.78, 5) is 30.1. The molecule has 1 saturated heterocycles. The second-order valence-electron chi connectivity index (χ2n) is 7.24. The predicted octanol–water partition coefficient (Wildman–Crippen LogP) is 1.84. The van der Waals surface area contributed by atoms with E-state index < -0.39 is 10.0 Å². The standard InChI is InChI=1S/C20H27N3O5S/c24-18(23-13-7-2-8-14-23)15-28-19(25)11-3-1-6-12-21-20-16-9-4-5-10-17(16)29(26,27)22-20/h4-5,9-10H,1-3,6-8,11-15H2,(H,21,22). The van der Waals surface area contributed by atoms with Crippen molar-refractivity contribution < 1.29 is 22.7 Å². The number of aliphatic imine (C=N–C) groups is 1. The lowest BCUT2D eigenvalue weighted by atomic mass is 10.1. The van der Waals surface area contributed by atoms with Crippen molar-refractivity contribution in [3.05, 3.63) is 29.8 Å². The van der Waals surface area contributed by atoms with E-state index >= 15 is 0 Å². The summed E-state index contributed by atoms with van der Waals surface area (Å²) in [6.07, 6.45) is 5.57. The maximum absolute atomic E-state index is 12.0. The molecule has 8 nitrogen and oxygen atoms in total. The molecular weight excluding hydrogens is 394 g/mol. The first kappa shape index (κ1) is 21.3. The first-order valence-electron chi connectivity index (χ1n) is 10.1. The van der Waals surface area contributed by atoms with E-state index in [1.807, 2.05) is 0 Å². The Morgan fingerprint density at radius 3 is 2.62 bits per heavy atom. The molecule has 0 aromatic heterocycles. The number of rotatable bonds is 8. The normalized spacial score (nSPS) is 18.9. The van der Waals surface area contributed by atoms with Crippen LogP contribution in [-0.2, 0) is 24.3 Å². The lowest BCUT2D eigenvalue weighted by Gasteiger charge is -2.26. The minimum absolute atomic E-state index is 0.117. The number of piperidine rings is 1. The largest absolute Gasteiger partial charge is 0.456 e. The number of carbonyl (C=O) groups is 2. The molecule has 158 valence electrons. The van der Waals surface area contributed by atoms with E-state index in [9.17, 15) is 18.0 Å². The van der Waals surface area contributed by atoms with Crippen molar-refractivity contribution in [1.29, 1.82) is 0 Å². The summed E-state index contributed by atoms with van der Waals surface area (Å²) in [5, 5.41) is 0. The fraction of sp³-hybridized carbons (Fsp3) is 0.550. The van der Waals surface area contributed by atoms with Crippen molar-refractivity contribution in [2.24, 2.45) is 4.99 Å². The minimum Gasteiger partial charge on any atom is -0.456 e. The van der Waals surface area contributed by atoms with Crippen LogP contribution in [0.2, 0.25) is 0 Å². The smallest absolute Gasteiger partial charge is 0.306 e. The number of hydrogen-bond acceptors (Lipinski definition) is 6. The van der Waals surface area contributed by atoms with E-state index in [-0.39, 0.29) is 29.8 Å². The zero-order valence-corrected chi connectivity index (χ0v) is 17.2. The molecule has 2 aliphatic heterocycles.